The molecule has 2 heteroatoms. The van der Waals surface area contributed by atoms with Crippen molar-refractivity contribution in [1.82, 2.24) is 0 Å². The molecule has 1 aromatic carbocycles. The largest absolute Gasteiger partial charge is 0.330 e. The normalized spacial score (nSPS) is 12.1. The lowest BCUT2D eigenvalue weighted by molar-refractivity contribution is 0.771. The van der Waals surface area contributed by atoms with Crippen molar-refractivity contribution in [2.75, 3.05) is 6.54 Å². The lowest BCUT2D eigenvalue weighted by Crippen LogP contribution is -2.10. The molecule has 62 valence electrons. The molecule has 2 N–H and O–H groups in total. The minimum absolute atomic E-state index is 0.265. The van der Waals surface area contributed by atoms with Crippen LogP contribution in [0.1, 0.15) is 24.0 Å². The van der Waals surface area contributed by atoms with Crippen molar-refractivity contribution < 1.29 is 0 Å². The van der Waals surface area contributed by atoms with E-state index in [1.54, 1.807) is 0 Å². The number of hydrogen-bond donors (Lipinski definition) is 1. The Bertz CT molecular complexity index is 299. The highest BCUT2D eigenvalue weighted by Gasteiger charge is 2.06. The predicted molar refractivity (Wildman–Crippen MR) is 48.6 cm³/mol. The van der Waals surface area contributed by atoms with Gasteiger partial charge in [-0.25, -0.2) is 0 Å². The topological polar surface area (TPSA) is 49.8 Å². The Balaban J connectivity index is 3.07. The molecule has 0 spiro atoms. The fourth-order valence-corrected chi connectivity index (χ4v) is 1.16. The highest BCUT2D eigenvalue weighted by Crippen LogP contribution is 2.17. The number of rotatable bonds is 2. The molecule has 0 amide bonds. The molecule has 2 nitrogen and oxygen atoms in total. The molecule has 1 aromatic rings. The Kier molecular flexibility index (Phi) is 2.84. The van der Waals surface area contributed by atoms with E-state index in [1.807, 2.05) is 31.2 Å². The SMILES string of the molecule is CC(CN)c1ccccc1C#N. The van der Waals surface area contributed by atoms with Crippen LogP contribution < -0.4 is 5.73 Å². The lowest BCUT2D eigenvalue weighted by atomic mass is 9.97. The van der Waals surface area contributed by atoms with E-state index in [-0.39, 0.29) is 5.92 Å². The zero-order chi connectivity index (χ0) is 8.97. The number of nitrogens with zero attached hydrogens (tertiary/aromatic N) is 1. The van der Waals surface area contributed by atoms with E-state index in [9.17, 15) is 0 Å². The van der Waals surface area contributed by atoms with Gasteiger partial charge in [0.05, 0.1) is 11.6 Å². The highest BCUT2D eigenvalue weighted by molar-refractivity contribution is 5.39. The van der Waals surface area contributed by atoms with Gasteiger partial charge in [0.2, 0.25) is 0 Å². The van der Waals surface area contributed by atoms with Crippen LogP contribution in [0.15, 0.2) is 24.3 Å². The first-order valence-electron chi connectivity index (χ1n) is 3.98. The van der Waals surface area contributed by atoms with Crippen molar-refractivity contribution in [2.24, 2.45) is 5.73 Å². The number of nitrogens with two attached hydrogens (primary N) is 1. The fraction of sp³-hybridized carbons (Fsp3) is 0.300. The van der Waals surface area contributed by atoms with Crippen LogP contribution >= 0.6 is 0 Å². The smallest absolute Gasteiger partial charge is 0.0994 e. The molecule has 0 bridgehead atoms. The van der Waals surface area contributed by atoms with Gasteiger partial charge >= 0.3 is 0 Å². The second-order valence-electron chi connectivity index (χ2n) is 2.84. The van der Waals surface area contributed by atoms with Gasteiger partial charge in [-0.1, -0.05) is 25.1 Å². The maximum absolute atomic E-state index is 8.77. The summed E-state index contributed by atoms with van der Waals surface area (Å²) in [6.07, 6.45) is 0. The van der Waals surface area contributed by atoms with Gasteiger partial charge in [-0.2, -0.15) is 5.26 Å². The summed E-state index contributed by atoms with van der Waals surface area (Å²) in [5.41, 5.74) is 7.29. The molecule has 12 heavy (non-hydrogen) atoms. The molecule has 0 aliphatic carbocycles. The van der Waals surface area contributed by atoms with Crippen LogP contribution in [0.3, 0.4) is 0 Å². The Morgan fingerprint density at radius 3 is 2.75 bits per heavy atom. The summed E-state index contributed by atoms with van der Waals surface area (Å²) in [5, 5.41) is 8.77. The van der Waals surface area contributed by atoms with Crippen molar-refractivity contribution in [3.05, 3.63) is 35.4 Å². The number of nitriles is 1. The van der Waals surface area contributed by atoms with Gasteiger partial charge in [0.1, 0.15) is 0 Å². The molecule has 0 aliphatic heterocycles. The van der Waals surface area contributed by atoms with E-state index in [2.05, 4.69) is 6.07 Å². The Morgan fingerprint density at radius 1 is 1.50 bits per heavy atom. The van der Waals surface area contributed by atoms with Crippen LogP contribution in [0, 0.1) is 11.3 Å². The molecule has 1 rings (SSSR count). The molecule has 0 aromatic heterocycles. The highest BCUT2D eigenvalue weighted by atomic mass is 14.5. The van der Waals surface area contributed by atoms with Crippen LogP contribution in [0.5, 0.6) is 0 Å². The van der Waals surface area contributed by atoms with Crippen molar-refractivity contribution in [2.45, 2.75) is 12.8 Å². The van der Waals surface area contributed by atoms with Gasteiger partial charge in [-0.15, -0.1) is 0 Å². The van der Waals surface area contributed by atoms with Gasteiger partial charge in [0, 0.05) is 0 Å². The third kappa shape index (κ3) is 1.63. The maximum Gasteiger partial charge on any atom is 0.0994 e. The summed E-state index contributed by atoms with van der Waals surface area (Å²) in [6.45, 7) is 2.61. The van der Waals surface area contributed by atoms with Crippen LogP contribution in [0.4, 0.5) is 0 Å². The van der Waals surface area contributed by atoms with Crippen LogP contribution in [0.2, 0.25) is 0 Å². The molecule has 0 heterocycles. The summed E-state index contributed by atoms with van der Waals surface area (Å²) < 4.78 is 0. The quantitative estimate of drug-likeness (QED) is 0.714. The molecular formula is C10H12N2. The fourth-order valence-electron chi connectivity index (χ4n) is 1.16. The molecule has 0 saturated carbocycles. The van der Waals surface area contributed by atoms with Crippen LogP contribution in [-0.4, -0.2) is 6.54 Å². The zero-order valence-corrected chi connectivity index (χ0v) is 7.12. The zero-order valence-electron chi connectivity index (χ0n) is 7.12. The number of hydrogen-bond acceptors (Lipinski definition) is 2. The first-order valence-corrected chi connectivity index (χ1v) is 3.98. The van der Waals surface area contributed by atoms with E-state index in [1.165, 1.54) is 0 Å². The molecule has 0 saturated heterocycles. The van der Waals surface area contributed by atoms with E-state index in [0.29, 0.717) is 6.54 Å². The lowest BCUT2D eigenvalue weighted by Gasteiger charge is -2.09. The van der Waals surface area contributed by atoms with Crippen LogP contribution in [0.25, 0.3) is 0 Å². The summed E-state index contributed by atoms with van der Waals surface area (Å²) in [6, 6.07) is 9.73. The van der Waals surface area contributed by atoms with Crippen molar-refractivity contribution >= 4 is 0 Å². The van der Waals surface area contributed by atoms with Crippen LogP contribution in [-0.2, 0) is 0 Å². The Hall–Kier alpha value is -1.33. The summed E-state index contributed by atoms with van der Waals surface area (Å²) >= 11 is 0. The van der Waals surface area contributed by atoms with Gasteiger partial charge in [0.15, 0.2) is 0 Å². The summed E-state index contributed by atoms with van der Waals surface area (Å²) in [5.74, 6) is 0.265. The van der Waals surface area contributed by atoms with Gasteiger partial charge < -0.3 is 5.73 Å². The third-order valence-corrected chi connectivity index (χ3v) is 1.97. The van der Waals surface area contributed by atoms with E-state index in [4.69, 9.17) is 11.0 Å². The monoisotopic (exact) mass is 160 g/mol. The Morgan fingerprint density at radius 2 is 2.17 bits per heavy atom. The standard InChI is InChI=1S/C10H12N2/c1-8(6-11)10-5-3-2-4-9(10)7-12/h2-5,8H,6,11H2,1H3. The Labute approximate surface area is 72.6 Å². The summed E-state index contributed by atoms with van der Waals surface area (Å²) in [4.78, 5) is 0. The van der Waals surface area contributed by atoms with Crippen molar-refractivity contribution in [3.8, 4) is 6.07 Å². The minimum atomic E-state index is 0.265. The number of benzene rings is 1. The average Bonchev–Trinajstić information content (AvgIpc) is 2.16. The second-order valence-corrected chi connectivity index (χ2v) is 2.84. The van der Waals surface area contributed by atoms with Crippen molar-refractivity contribution in [3.63, 3.8) is 0 Å². The minimum Gasteiger partial charge on any atom is -0.330 e. The first-order chi connectivity index (χ1) is 5.79. The van der Waals surface area contributed by atoms with Gasteiger partial charge in [-0.05, 0) is 24.1 Å². The van der Waals surface area contributed by atoms with Gasteiger partial charge in [0.25, 0.3) is 0 Å². The van der Waals surface area contributed by atoms with E-state index >= 15 is 0 Å². The molecule has 1 atom stereocenters. The molecule has 1 unspecified atom stereocenters. The molecule has 0 aliphatic rings. The second kappa shape index (κ2) is 3.89. The third-order valence-electron chi connectivity index (χ3n) is 1.97. The molecular weight excluding hydrogens is 148 g/mol. The van der Waals surface area contributed by atoms with E-state index < -0.39 is 0 Å². The first kappa shape index (κ1) is 8.76. The average molecular weight is 160 g/mol. The maximum atomic E-state index is 8.77. The molecule has 0 fully saturated rings. The predicted octanol–water partition coefficient (Wildman–Crippen LogP) is 1.62. The van der Waals surface area contributed by atoms with Gasteiger partial charge in [-0.3, -0.25) is 0 Å². The molecule has 0 radical (unpaired) electrons. The van der Waals surface area contributed by atoms with E-state index in [0.717, 1.165) is 11.1 Å². The summed E-state index contributed by atoms with van der Waals surface area (Å²) in [7, 11) is 0. The van der Waals surface area contributed by atoms with Crippen molar-refractivity contribution in [1.29, 1.82) is 5.26 Å².